The molecule has 0 unspecified atom stereocenters. The fourth-order valence-corrected chi connectivity index (χ4v) is 7.21. The molecule has 0 aliphatic carbocycles. The van der Waals surface area contributed by atoms with Crippen LogP contribution < -0.4 is 0 Å². The molecule has 2 aliphatic rings. The minimum absolute atomic E-state index is 0.486. The van der Waals surface area contributed by atoms with E-state index < -0.39 is 0 Å². The maximum atomic E-state index is 9.19. The van der Waals surface area contributed by atoms with Gasteiger partial charge in [0.15, 0.2) is 0 Å². The summed E-state index contributed by atoms with van der Waals surface area (Å²) in [6, 6.07) is 21.4. The second kappa shape index (κ2) is 14.7. The van der Waals surface area contributed by atoms with Crippen molar-refractivity contribution in [2.75, 3.05) is 39.3 Å². The van der Waals surface area contributed by atoms with Gasteiger partial charge in [0, 0.05) is 60.1 Å². The topological polar surface area (TPSA) is 60.7 Å². The molecule has 1 aromatic heterocycles. The van der Waals surface area contributed by atoms with Crippen LogP contribution in [0.3, 0.4) is 0 Å². The van der Waals surface area contributed by atoms with E-state index in [1.807, 2.05) is 0 Å². The number of hydrogen-bond donors (Lipinski definition) is 2. The summed E-state index contributed by atoms with van der Waals surface area (Å²) in [5.74, 6) is 2.17. The van der Waals surface area contributed by atoms with E-state index in [0.29, 0.717) is 23.5 Å². The molecule has 230 valence electrons. The lowest BCUT2D eigenvalue weighted by Gasteiger charge is -2.40. The lowest BCUT2D eigenvalue weighted by atomic mass is 10.1. The second-order valence-corrected chi connectivity index (χ2v) is 14.1. The highest BCUT2D eigenvalue weighted by atomic mass is 32.1. The number of nitrogens with one attached hydrogen (secondary N) is 2. The SMILES string of the molecule is CC(C)CN(C(=N)c1cccc(-c2ccc(-c3cccc(C(=N)N(CC(C)C)N4CCCCC4)c3)s2)c1)N1CCCCC1. The van der Waals surface area contributed by atoms with E-state index in [2.05, 4.69) is 108 Å². The molecule has 43 heavy (non-hydrogen) atoms. The largest absolute Gasteiger partial charge is 0.289 e. The quantitative estimate of drug-likeness (QED) is 0.182. The highest BCUT2D eigenvalue weighted by Gasteiger charge is 2.24. The molecule has 3 heterocycles. The lowest BCUT2D eigenvalue weighted by Crippen LogP contribution is -2.50. The maximum absolute atomic E-state index is 9.19. The Morgan fingerprint density at radius 3 is 1.40 bits per heavy atom. The lowest BCUT2D eigenvalue weighted by molar-refractivity contribution is 0.0166. The first kappa shape index (κ1) is 31.4. The van der Waals surface area contributed by atoms with Crippen LogP contribution in [0, 0.1) is 22.7 Å². The van der Waals surface area contributed by atoms with Gasteiger partial charge in [-0.2, -0.15) is 0 Å². The van der Waals surface area contributed by atoms with Crippen molar-refractivity contribution < 1.29 is 0 Å². The first-order valence-electron chi connectivity index (χ1n) is 16.3. The molecule has 0 atom stereocenters. The van der Waals surface area contributed by atoms with Crippen molar-refractivity contribution in [3.63, 3.8) is 0 Å². The molecule has 0 saturated carbocycles. The zero-order valence-corrected chi connectivity index (χ0v) is 27.4. The van der Waals surface area contributed by atoms with Gasteiger partial charge in [-0.25, -0.2) is 10.0 Å². The molecule has 3 aromatic rings. The van der Waals surface area contributed by atoms with E-state index in [4.69, 9.17) is 0 Å². The number of rotatable bonds is 10. The van der Waals surface area contributed by atoms with Gasteiger partial charge >= 0.3 is 0 Å². The molecule has 2 aliphatic heterocycles. The summed E-state index contributed by atoms with van der Waals surface area (Å²) in [7, 11) is 0. The van der Waals surface area contributed by atoms with Gasteiger partial charge in [-0.3, -0.25) is 20.8 Å². The molecule has 0 spiro atoms. The number of amidine groups is 2. The molecule has 2 aromatic carbocycles. The highest BCUT2D eigenvalue weighted by Crippen LogP contribution is 2.35. The number of hydrazine groups is 2. The molecule has 7 heteroatoms. The van der Waals surface area contributed by atoms with Crippen molar-refractivity contribution in [2.45, 2.75) is 66.2 Å². The number of benzene rings is 2. The molecule has 5 rings (SSSR count). The van der Waals surface area contributed by atoms with Crippen molar-refractivity contribution in [3.8, 4) is 20.9 Å². The number of thiophene rings is 1. The summed E-state index contributed by atoms with van der Waals surface area (Å²) in [6.07, 6.45) is 7.38. The standard InChI is InChI=1S/C36H50N6S/c1-27(2)25-41(39-19-7-5-8-20-39)35(37)31-15-11-13-29(23-31)33-17-18-34(43-33)30-14-12-16-32(24-30)36(38)42(26-28(3)4)40-21-9-6-10-22-40/h11-18,23-24,27-28,37-38H,5-10,19-22,25-26H2,1-4H3. The third-order valence-electron chi connectivity index (χ3n) is 8.39. The van der Waals surface area contributed by atoms with E-state index >= 15 is 0 Å². The number of nitrogens with zero attached hydrogens (tertiary/aromatic N) is 4. The zero-order chi connectivity index (χ0) is 30.3. The van der Waals surface area contributed by atoms with Gasteiger partial charge in [0.2, 0.25) is 0 Å². The number of hydrogen-bond acceptors (Lipinski definition) is 5. The van der Waals surface area contributed by atoms with Gasteiger partial charge in [-0.05, 0) is 72.9 Å². The van der Waals surface area contributed by atoms with Gasteiger partial charge in [0.1, 0.15) is 11.7 Å². The van der Waals surface area contributed by atoms with E-state index in [1.54, 1.807) is 11.3 Å². The summed E-state index contributed by atoms with van der Waals surface area (Å²) >= 11 is 1.79. The Labute approximate surface area is 263 Å². The summed E-state index contributed by atoms with van der Waals surface area (Å²) in [4.78, 5) is 2.40. The second-order valence-electron chi connectivity index (χ2n) is 13.0. The molecule has 2 saturated heterocycles. The predicted octanol–water partition coefficient (Wildman–Crippen LogP) is 8.45. The minimum atomic E-state index is 0.486. The smallest absolute Gasteiger partial charge is 0.142 e. The van der Waals surface area contributed by atoms with Crippen LogP contribution >= 0.6 is 11.3 Å². The molecule has 0 amide bonds. The van der Waals surface area contributed by atoms with E-state index in [1.165, 1.54) is 48.3 Å². The molecule has 6 nitrogen and oxygen atoms in total. The van der Waals surface area contributed by atoms with Gasteiger partial charge in [-0.1, -0.05) is 76.9 Å². The Morgan fingerprint density at radius 2 is 1.02 bits per heavy atom. The van der Waals surface area contributed by atoms with Crippen LogP contribution in [0.5, 0.6) is 0 Å². The Kier molecular flexibility index (Phi) is 10.7. The summed E-state index contributed by atoms with van der Waals surface area (Å²) in [5, 5.41) is 27.6. The summed E-state index contributed by atoms with van der Waals surface area (Å²) in [5.41, 5.74) is 4.24. The molecule has 2 N–H and O–H groups in total. The zero-order valence-electron chi connectivity index (χ0n) is 26.6. The Hall–Kier alpha value is -3.00. The predicted molar refractivity (Wildman–Crippen MR) is 183 cm³/mol. The first-order valence-corrected chi connectivity index (χ1v) is 17.1. The van der Waals surface area contributed by atoms with Crippen LogP contribution in [-0.4, -0.2) is 71.0 Å². The molecule has 0 bridgehead atoms. The van der Waals surface area contributed by atoms with Crippen molar-refractivity contribution in [3.05, 3.63) is 71.8 Å². The van der Waals surface area contributed by atoms with Crippen molar-refractivity contribution in [2.24, 2.45) is 11.8 Å². The fraction of sp³-hybridized carbons (Fsp3) is 0.500. The third kappa shape index (κ3) is 7.94. The van der Waals surface area contributed by atoms with Gasteiger partial charge in [0.05, 0.1) is 0 Å². The van der Waals surface area contributed by atoms with Crippen molar-refractivity contribution in [1.82, 2.24) is 20.0 Å². The van der Waals surface area contributed by atoms with Crippen LogP contribution in [0.1, 0.15) is 77.3 Å². The van der Waals surface area contributed by atoms with Crippen LogP contribution in [0.25, 0.3) is 20.9 Å². The van der Waals surface area contributed by atoms with E-state index in [-0.39, 0.29) is 0 Å². The summed E-state index contributed by atoms with van der Waals surface area (Å²) in [6.45, 7) is 14.8. The van der Waals surface area contributed by atoms with Gasteiger partial charge in [0.25, 0.3) is 0 Å². The highest BCUT2D eigenvalue weighted by molar-refractivity contribution is 7.18. The Morgan fingerprint density at radius 1 is 0.628 bits per heavy atom. The van der Waals surface area contributed by atoms with Crippen molar-refractivity contribution in [1.29, 1.82) is 10.8 Å². The van der Waals surface area contributed by atoms with Gasteiger partial charge < -0.3 is 0 Å². The average Bonchev–Trinajstić information content (AvgIpc) is 3.53. The molecular formula is C36H50N6S. The van der Waals surface area contributed by atoms with Crippen LogP contribution in [0.4, 0.5) is 0 Å². The van der Waals surface area contributed by atoms with Crippen LogP contribution in [-0.2, 0) is 0 Å². The normalized spacial score (nSPS) is 16.5. The monoisotopic (exact) mass is 598 g/mol. The van der Waals surface area contributed by atoms with Crippen molar-refractivity contribution >= 4 is 23.0 Å². The first-order chi connectivity index (χ1) is 20.8. The van der Waals surface area contributed by atoms with Crippen LogP contribution in [0.2, 0.25) is 0 Å². The maximum Gasteiger partial charge on any atom is 0.142 e. The molecule has 2 fully saturated rings. The van der Waals surface area contributed by atoms with Crippen LogP contribution in [0.15, 0.2) is 60.7 Å². The number of piperidine rings is 2. The summed E-state index contributed by atoms with van der Waals surface area (Å²) < 4.78 is 0. The average molecular weight is 599 g/mol. The van der Waals surface area contributed by atoms with E-state index in [9.17, 15) is 10.8 Å². The Bertz CT molecular complexity index is 1260. The fourth-order valence-electron chi connectivity index (χ4n) is 6.21. The molecular weight excluding hydrogens is 549 g/mol. The van der Waals surface area contributed by atoms with E-state index in [0.717, 1.165) is 61.5 Å². The minimum Gasteiger partial charge on any atom is -0.289 e. The van der Waals surface area contributed by atoms with Gasteiger partial charge in [-0.15, -0.1) is 11.3 Å². The Balaban J connectivity index is 1.35. The third-order valence-corrected chi connectivity index (χ3v) is 9.57. The molecule has 0 radical (unpaired) electrons.